The van der Waals surface area contributed by atoms with Crippen molar-refractivity contribution in [3.05, 3.63) is 29.6 Å². The third kappa shape index (κ3) is 4.42. The Morgan fingerprint density at radius 1 is 1.43 bits per heavy atom. The van der Waals surface area contributed by atoms with Crippen LogP contribution < -0.4 is 10.1 Å². The van der Waals surface area contributed by atoms with E-state index in [1.165, 1.54) is 12.5 Å². The Hall–Kier alpha value is -1.13. The molecule has 2 unspecified atom stereocenters. The average molecular weight is 294 g/mol. The van der Waals surface area contributed by atoms with E-state index in [1.54, 1.807) is 7.11 Å². The molecular formula is C17H27FN2O. The minimum atomic E-state index is -0.173. The average Bonchev–Trinajstić information content (AvgIpc) is 2.48. The van der Waals surface area contributed by atoms with E-state index in [-0.39, 0.29) is 5.82 Å². The van der Waals surface area contributed by atoms with Crippen LogP contribution in [0.5, 0.6) is 5.75 Å². The van der Waals surface area contributed by atoms with Gasteiger partial charge in [0.05, 0.1) is 7.11 Å². The molecule has 0 aliphatic carbocycles. The zero-order valence-electron chi connectivity index (χ0n) is 13.4. The van der Waals surface area contributed by atoms with E-state index in [4.69, 9.17) is 4.74 Å². The van der Waals surface area contributed by atoms with Gasteiger partial charge in [0.15, 0.2) is 0 Å². The first kappa shape index (κ1) is 16.2. The molecule has 1 aromatic carbocycles. The molecule has 1 heterocycles. The molecular weight excluding hydrogens is 267 g/mol. The van der Waals surface area contributed by atoms with Crippen LogP contribution in [0.2, 0.25) is 0 Å². The van der Waals surface area contributed by atoms with Crippen LogP contribution in [0.3, 0.4) is 0 Å². The number of methoxy groups -OCH3 is 1. The van der Waals surface area contributed by atoms with Gasteiger partial charge in [-0.25, -0.2) is 4.39 Å². The molecule has 0 aromatic heterocycles. The highest BCUT2D eigenvalue weighted by Gasteiger charge is 2.25. The molecule has 1 saturated heterocycles. The number of nitrogens with one attached hydrogen (secondary N) is 1. The van der Waals surface area contributed by atoms with Crippen molar-refractivity contribution >= 4 is 0 Å². The molecule has 118 valence electrons. The number of likely N-dealkylation sites (tertiary alicyclic amines) is 1. The molecule has 4 heteroatoms. The van der Waals surface area contributed by atoms with Gasteiger partial charge in [0.2, 0.25) is 0 Å². The Kier molecular flexibility index (Phi) is 6.00. The number of rotatable bonds is 6. The van der Waals surface area contributed by atoms with E-state index in [0.29, 0.717) is 24.3 Å². The summed E-state index contributed by atoms with van der Waals surface area (Å²) < 4.78 is 19.1. The lowest BCUT2D eigenvalue weighted by Crippen LogP contribution is -2.48. The maximum atomic E-state index is 14.0. The molecule has 1 N–H and O–H groups in total. The number of hydrogen-bond acceptors (Lipinski definition) is 3. The van der Waals surface area contributed by atoms with Crippen LogP contribution in [0, 0.1) is 11.7 Å². The predicted octanol–water partition coefficient (Wildman–Crippen LogP) is 3.04. The fourth-order valence-electron chi connectivity index (χ4n) is 3.03. The van der Waals surface area contributed by atoms with E-state index in [0.717, 1.165) is 31.6 Å². The van der Waals surface area contributed by atoms with Gasteiger partial charge in [0.1, 0.15) is 11.6 Å². The van der Waals surface area contributed by atoms with Crippen LogP contribution >= 0.6 is 0 Å². The Morgan fingerprint density at radius 2 is 2.24 bits per heavy atom. The van der Waals surface area contributed by atoms with Gasteiger partial charge < -0.3 is 10.1 Å². The molecule has 1 aliphatic rings. The maximum absolute atomic E-state index is 14.0. The Labute approximate surface area is 127 Å². The second-order valence-corrected chi connectivity index (χ2v) is 6.02. The molecule has 0 amide bonds. The second kappa shape index (κ2) is 7.76. The Bertz CT molecular complexity index is 452. The summed E-state index contributed by atoms with van der Waals surface area (Å²) in [6.45, 7) is 8.29. The number of nitrogens with zero attached hydrogens (tertiary/aromatic N) is 1. The van der Waals surface area contributed by atoms with Gasteiger partial charge in [-0.3, -0.25) is 4.90 Å². The summed E-state index contributed by atoms with van der Waals surface area (Å²) in [5.74, 6) is 1.01. The SMILES string of the molecule is CCCNC1CCN(Cc2ccc(OC)cc2F)CC1C. The standard InChI is InChI=1S/C17H27FN2O/c1-4-8-19-17-7-9-20(11-13(17)2)12-14-5-6-15(21-3)10-16(14)18/h5-6,10,13,17,19H,4,7-9,11-12H2,1-3H3. The van der Waals surface area contributed by atoms with Crippen molar-refractivity contribution < 1.29 is 9.13 Å². The summed E-state index contributed by atoms with van der Waals surface area (Å²) in [5, 5.41) is 3.61. The van der Waals surface area contributed by atoms with Gasteiger partial charge in [0.25, 0.3) is 0 Å². The maximum Gasteiger partial charge on any atom is 0.131 e. The van der Waals surface area contributed by atoms with Crippen molar-refractivity contribution in [1.82, 2.24) is 10.2 Å². The largest absolute Gasteiger partial charge is 0.497 e. The minimum Gasteiger partial charge on any atom is -0.497 e. The van der Waals surface area contributed by atoms with Gasteiger partial charge >= 0.3 is 0 Å². The quantitative estimate of drug-likeness (QED) is 0.873. The fraction of sp³-hybridized carbons (Fsp3) is 0.647. The first-order valence-corrected chi connectivity index (χ1v) is 7.92. The Morgan fingerprint density at radius 3 is 2.86 bits per heavy atom. The van der Waals surface area contributed by atoms with Gasteiger partial charge in [0, 0.05) is 30.8 Å². The van der Waals surface area contributed by atoms with Crippen molar-refractivity contribution in [3.8, 4) is 5.75 Å². The smallest absolute Gasteiger partial charge is 0.131 e. The summed E-state index contributed by atoms with van der Waals surface area (Å²) in [6, 6.07) is 5.73. The van der Waals surface area contributed by atoms with E-state index >= 15 is 0 Å². The highest BCUT2D eigenvalue weighted by atomic mass is 19.1. The van der Waals surface area contributed by atoms with E-state index < -0.39 is 0 Å². The molecule has 1 fully saturated rings. The lowest BCUT2D eigenvalue weighted by Gasteiger charge is -2.37. The van der Waals surface area contributed by atoms with E-state index in [2.05, 4.69) is 24.1 Å². The monoisotopic (exact) mass is 294 g/mol. The van der Waals surface area contributed by atoms with Crippen LogP contribution in [0.4, 0.5) is 4.39 Å². The summed E-state index contributed by atoms with van der Waals surface area (Å²) >= 11 is 0. The molecule has 0 saturated carbocycles. The third-order valence-electron chi connectivity index (χ3n) is 4.30. The third-order valence-corrected chi connectivity index (χ3v) is 4.30. The summed E-state index contributed by atoms with van der Waals surface area (Å²) in [5.41, 5.74) is 0.753. The summed E-state index contributed by atoms with van der Waals surface area (Å²) in [6.07, 6.45) is 2.31. The van der Waals surface area contributed by atoms with Crippen LogP contribution in [0.25, 0.3) is 0 Å². The highest BCUT2D eigenvalue weighted by Crippen LogP contribution is 2.22. The Balaban J connectivity index is 1.90. The summed E-state index contributed by atoms with van der Waals surface area (Å²) in [7, 11) is 1.56. The number of halogens is 1. The minimum absolute atomic E-state index is 0.173. The van der Waals surface area contributed by atoms with Crippen LogP contribution in [-0.2, 0) is 6.54 Å². The number of ether oxygens (including phenoxy) is 1. The van der Waals surface area contributed by atoms with Gasteiger partial charge in [-0.1, -0.05) is 19.9 Å². The molecule has 0 spiro atoms. The van der Waals surface area contributed by atoms with Crippen molar-refractivity contribution in [2.24, 2.45) is 5.92 Å². The molecule has 21 heavy (non-hydrogen) atoms. The van der Waals surface area contributed by atoms with Gasteiger partial charge in [-0.15, -0.1) is 0 Å². The molecule has 3 nitrogen and oxygen atoms in total. The number of benzene rings is 1. The van der Waals surface area contributed by atoms with Crippen LogP contribution in [0.1, 0.15) is 32.3 Å². The number of piperidine rings is 1. The van der Waals surface area contributed by atoms with Crippen LogP contribution in [0.15, 0.2) is 18.2 Å². The van der Waals surface area contributed by atoms with Crippen molar-refractivity contribution in [2.45, 2.75) is 39.3 Å². The predicted molar refractivity (Wildman–Crippen MR) is 84.1 cm³/mol. The molecule has 2 rings (SSSR count). The number of hydrogen-bond donors (Lipinski definition) is 1. The van der Waals surface area contributed by atoms with Crippen molar-refractivity contribution in [3.63, 3.8) is 0 Å². The van der Waals surface area contributed by atoms with Crippen molar-refractivity contribution in [2.75, 3.05) is 26.7 Å². The highest BCUT2D eigenvalue weighted by molar-refractivity contribution is 5.28. The van der Waals surface area contributed by atoms with Gasteiger partial charge in [-0.05, 0) is 37.9 Å². The lowest BCUT2D eigenvalue weighted by atomic mass is 9.93. The summed E-state index contributed by atoms with van der Waals surface area (Å²) in [4.78, 5) is 2.35. The molecule has 0 radical (unpaired) electrons. The van der Waals surface area contributed by atoms with E-state index in [1.807, 2.05) is 12.1 Å². The van der Waals surface area contributed by atoms with Gasteiger partial charge in [-0.2, -0.15) is 0 Å². The molecule has 2 atom stereocenters. The van der Waals surface area contributed by atoms with E-state index in [9.17, 15) is 4.39 Å². The first-order valence-electron chi connectivity index (χ1n) is 7.92. The fourth-order valence-corrected chi connectivity index (χ4v) is 3.03. The topological polar surface area (TPSA) is 24.5 Å². The first-order chi connectivity index (χ1) is 10.1. The van der Waals surface area contributed by atoms with Crippen molar-refractivity contribution in [1.29, 1.82) is 0 Å². The second-order valence-electron chi connectivity index (χ2n) is 6.02. The molecule has 1 aliphatic heterocycles. The zero-order valence-corrected chi connectivity index (χ0v) is 13.4. The zero-order chi connectivity index (χ0) is 15.2. The lowest BCUT2D eigenvalue weighted by molar-refractivity contribution is 0.140. The molecule has 0 bridgehead atoms. The normalized spacial score (nSPS) is 23.2. The van der Waals surface area contributed by atoms with Crippen LogP contribution in [-0.4, -0.2) is 37.7 Å². The molecule has 1 aromatic rings.